The molecule has 0 aliphatic carbocycles. The highest BCUT2D eigenvalue weighted by Gasteiger charge is 2.15. The molecular weight excluding hydrogens is 170 g/mol. The fourth-order valence-electron chi connectivity index (χ4n) is 0.540. The third kappa shape index (κ3) is 4.75. The Balaban J connectivity index is 3.66. The minimum atomic E-state index is -1.16. The van der Waals surface area contributed by atoms with Crippen molar-refractivity contribution in [3.05, 3.63) is 0 Å². The van der Waals surface area contributed by atoms with Gasteiger partial charge in [0.15, 0.2) is 0 Å². The third-order valence-electron chi connectivity index (χ3n) is 1.14. The van der Waals surface area contributed by atoms with Crippen LogP contribution in [-0.4, -0.2) is 28.8 Å². The Kier molecular flexibility index (Phi) is 4.81. The standard InChI is InChI=1S/C6H10ClNO3/c7-2-1-4(9)3-5(8)6(10)11/h5H,1-3,8H2,(H,10,11). The Labute approximate surface area is 69.3 Å². The van der Waals surface area contributed by atoms with E-state index in [1.54, 1.807) is 0 Å². The van der Waals surface area contributed by atoms with Crippen LogP contribution in [0.15, 0.2) is 0 Å². The number of ketones is 1. The molecule has 0 saturated heterocycles. The molecule has 0 aromatic heterocycles. The predicted octanol–water partition coefficient (Wildman–Crippen LogP) is -0.0136. The van der Waals surface area contributed by atoms with Crippen LogP contribution in [0.5, 0.6) is 0 Å². The molecule has 0 heterocycles. The smallest absolute Gasteiger partial charge is 0.320 e. The molecule has 64 valence electrons. The number of nitrogens with two attached hydrogens (primary N) is 1. The second-order valence-electron chi connectivity index (χ2n) is 2.13. The van der Waals surface area contributed by atoms with Crippen molar-refractivity contribution < 1.29 is 14.7 Å². The molecule has 0 spiro atoms. The lowest BCUT2D eigenvalue weighted by atomic mass is 10.1. The van der Waals surface area contributed by atoms with Crippen LogP contribution >= 0.6 is 11.6 Å². The van der Waals surface area contributed by atoms with Gasteiger partial charge in [0, 0.05) is 18.7 Å². The highest BCUT2D eigenvalue weighted by Crippen LogP contribution is 1.95. The first-order valence-corrected chi connectivity index (χ1v) is 3.67. The Bertz CT molecular complexity index is 160. The molecule has 0 amide bonds. The molecule has 1 atom stereocenters. The van der Waals surface area contributed by atoms with E-state index < -0.39 is 12.0 Å². The summed E-state index contributed by atoms with van der Waals surface area (Å²) >= 11 is 5.25. The van der Waals surface area contributed by atoms with E-state index in [2.05, 4.69) is 0 Å². The molecule has 0 rings (SSSR count). The number of aliphatic carboxylic acids is 1. The fourth-order valence-corrected chi connectivity index (χ4v) is 0.751. The van der Waals surface area contributed by atoms with Gasteiger partial charge in [0.1, 0.15) is 11.8 Å². The summed E-state index contributed by atoms with van der Waals surface area (Å²) < 4.78 is 0. The van der Waals surface area contributed by atoms with Crippen LogP contribution in [0, 0.1) is 0 Å². The van der Waals surface area contributed by atoms with E-state index in [4.69, 9.17) is 22.4 Å². The zero-order valence-electron chi connectivity index (χ0n) is 5.92. The molecule has 0 aliphatic rings. The Hall–Kier alpha value is -0.610. The van der Waals surface area contributed by atoms with Gasteiger partial charge in [-0.3, -0.25) is 9.59 Å². The summed E-state index contributed by atoms with van der Waals surface area (Å²) in [4.78, 5) is 20.9. The predicted molar refractivity (Wildman–Crippen MR) is 40.6 cm³/mol. The Morgan fingerprint density at radius 2 is 2.09 bits per heavy atom. The van der Waals surface area contributed by atoms with Crippen LogP contribution in [0.4, 0.5) is 0 Å². The average Bonchev–Trinajstić information content (AvgIpc) is 1.87. The second kappa shape index (κ2) is 5.09. The van der Waals surface area contributed by atoms with Gasteiger partial charge in [-0.05, 0) is 0 Å². The molecular formula is C6H10ClNO3. The topological polar surface area (TPSA) is 80.4 Å². The van der Waals surface area contributed by atoms with E-state index >= 15 is 0 Å². The maximum atomic E-state index is 10.7. The van der Waals surface area contributed by atoms with Gasteiger partial charge < -0.3 is 10.8 Å². The van der Waals surface area contributed by atoms with Crippen molar-refractivity contribution in [1.29, 1.82) is 0 Å². The van der Waals surface area contributed by atoms with Gasteiger partial charge in [0.05, 0.1) is 0 Å². The highest BCUT2D eigenvalue weighted by atomic mass is 35.5. The molecule has 0 aromatic carbocycles. The van der Waals surface area contributed by atoms with Crippen LogP contribution in [0.2, 0.25) is 0 Å². The maximum Gasteiger partial charge on any atom is 0.320 e. The number of hydrogen-bond acceptors (Lipinski definition) is 3. The number of carbonyl (C=O) groups excluding carboxylic acids is 1. The normalized spacial score (nSPS) is 12.5. The van der Waals surface area contributed by atoms with E-state index in [1.165, 1.54) is 0 Å². The monoisotopic (exact) mass is 179 g/mol. The van der Waals surface area contributed by atoms with Crippen LogP contribution in [-0.2, 0) is 9.59 Å². The number of hydrogen-bond donors (Lipinski definition) is 2. The highest BCUT2D eigenvalue weighted by molar-refractivity contribution is 6.19. The first kappa shape index (κ1) is 10.4. The van der Waals surface area contributed by atoms with Gasteiger partial charge in [0.25, 0.3) is 0 Å². The number of alkyl halides is 1. The van der Waals surface area contributed by atoms with Gasteiger partial charge in [-0.1, -0.05) is 0 Å². The van der Waals surface area contributed by atoms with Gasteiger partial charge in [-0.2, -0.15) is 0 Å². The van der Waals surface area contributed by atoms with Crippen molar-refractivity contribution in [3.63, 3.8) is 0 Å². The van der Waals surface area contributed by atoms with Crippen molar-refractivity contribution in [3.8, 4) is 0 Å². The SMILES string of the molecule is NC(CC(=O)CCCl)C(=O)O. The molecule has 4 nitrogen and oxygen atoms in total. The van der Waals surface area contributed by atoms with E-state index in [1.807, 2.05) is 0 Å². The van der Waals surface area contributed by atoms with E-state index in [9.17, 15) is 9.59 Å². The summed E-state index contributed by atoms with van der Waals surface area (Å²) in [6.07, 6.45) is 0.0462. The van der Waals surface area contributed by atoms with Crippen molar-refractivity contribution in [1.82, 2.24) is 0 Å². The van der Waals surface area contributed by atoms with Gasteiger partial charge in [-0.25, -0.2) is 0 Å². The first-order valence-electron chi connectivity index (χ1n) is 3.14. The van der Waals surface area contributed by atoms with Crippen molar-refractivity contribution in [2.45, 2.75) is 18.9 Å². The summed E-state index contributed by atoms with van der Waals surface area (Å²) in [5, 5.41) is 8.29. The van der Waals surface area contributed by atoms with E-state index in [-0.39, 0.29) is 24.5 Å². The van der Waals surface area contributed by atoms with Gasteiger partial charge >= 0.3 is 5.97 Å². The van der Waals surface area contributed by atoms with Crippen molar-refractivity contribution in [2.75, 3.05) is 5.88 Å². The minimum Gasteiger partial charge on any atom is -0.480 e. The molecule has 0 saturated carbocycles. The molecule has 0 radical (unpaired) electrons. The van der Waals surface area contributed by atoms with Crippen LogP contribution in [0.25, 0.3) is 0 Å². The lowest BCUT2D eigenvalue weighted by Crippen LogP contribution is -2.32. The molecule has 0 bridgehead atoms. The van der Waals surface area contributed by atoms with E-state index in [0.29, 0.717) is 0 Å². The number of carboxylic acids is 1. The van der Waals surface area contributed by atoms with Crippen molar-refractivity contribution >= 4 is 23.4 Å². The number of Topliss-reactive ketones (excluding diaryl/α,β-unsaturated/α-hetero) is 1. The van der Waals surface area contributed by atoms with Crippen molar-refractivity contribution in [2.24, 2.45) is 5.73 Å². The Morgan fingerprint density at radius 1 is 1.55 bits per heavy atom. The molecule has 0 fully saturated rings. The zero-order valence-corrected chi connectivity index (χ0v) is 6.67. The lowest BCUT2D eigenvalue weighted by Gasteiger charge is -2.02. The maximum absolute atomic E-state index is 10.7. The summed E-state index contributed by atoms with van der Waals surface area (Å²) in [6, 6.07) is -1.09. The van der Waals surface area contributed by atoms with Crippen LogP contribution in [0.1, 0.15) is 12.8 Å². The largest absolute Gasteiger partial charge is 0.480 e. The zero-order chi connectivity index (χ0) is 8.85. The average molecular weight is 180 g/mol. The number of rotatable bonds is 5. The fraction of sp³-hybridized carbons (Fsp3) is 0.667. The lowest BCUT2D eigenvalue weighted by molar-refractivity contribution is -0.140. The van der Waals surface area contributed by atoms with Crippen LogP contribution in [0.3, 0.4) is 0 Å². The molecule has 5 heteroatoms. The number of carboxylic acid groups (broad SMARTS) is 1. The molecule has 3 N–H and O–H groups in total. The number of halogens is 1. The van der Waals surface area contributed by atoms with Gasteiger partial charge in [0.2, 0.25) is 0 Å². The summed E-state index contributed by atoms with van der Waals surface area (Å²) in [6.45, 7) is 0. The molecule has 1 unspecified atom stereocenters. The first-order chi connectivity index (χ1) is 5.07. The Morgan fingerprint density at radius 3 is 2.45 bits per heavy atom. The quantitative estimate of drug-likeness (QED) is 0.582. The third-order valence-corrected chi connectivity index (χ3v) is 1.33. The molecule has 11 heavy (non-hydrogen) atoms. The molecule has 0 aromatic rings. The summed E-state index contributed by atoms with van der Waals surface area (Å²) in [7, 11) is 0. The van der Waals surface area contributed by atoms with Gasteiger partial charge in [-0.15, -0.1) is 11.6 Å². The minimum absolute atomic E-state index is 0.137. The summed E-state index contributed by atoms with van der Waals surface area (Å²) in [5.41, 5.74) is 5.08. The van der Waals surface area contributed by atoms with Crippen LogP contribution < -0.4 is 5.73 Å². The van der Waals surface area contributed by atoms with E-state index in [0.717, 1.165) is 0 Å². The molecule has 0 aliphatic heterocycles. The second-order valence-corrected chi connectivity index (χ2v) is 2.50. The number of carbonyl (C=O) groups is 2. The summed E-state index contributed by atoms with van der Waals surface area (Å²) in [5.74, 6) is -1.16.